The molecule has 0 aliphatic carbocycles. The number of nitrogens with two attached hydrogens (primary N) is 1. The number of nitrogens with zero attached hydrogens (tertiary/aromatic N) is 1. The first-order chi connectivity index (χ1) is 9.61. The number of anilines is 2. The van der Waals surface area contributed by atoms with Crippen LogP contribution in [-0.4, -0.2) is 39.8 Å². The number of carbonyl (C=O) groups is 1. The largest absolute Gasteiger partial charge is 0.397 e. The highest BCUT2D eigenvalue weighted by Gasteiger charge is 2.18. The minimum atomic E-state index is -0.0966. The molecule has 0 bridgehead atoms. The van der Waals surface area contributed by atoms with Gasteiger partial charge in [0.1, 0.15) is 0 Å². The predicted molar refractivity (Wildman–Crippen MR) is 81.1 cm³/mol. The molecule has 1 aliphatic heterocycles. The van der Waals surface area contributed by atoms with E-state index in [1.54, 1.807) is 19.2 Å². The molecule has 1 heterocycles. The fourth-order valence-corrected chi connectivity index (χ4v) is 2.60. The maximum atomic E-state index is 11.7. The zero-order valence-electron chi connectivity index (χ0n) is 12.2. The van der Waals surface area contributed by atoms with Gasteiger partial charge in [-0.15, -0.1) is 0 Å². The van der Waals surface area contributed by atoms with Crippen molar-refractivity contribution >= 4 is 17.3 Å². The second-order valence-corrected chi connectivity index (χ2v) is 5.32. The molecule has 0 spiro atoms. The maximum absolute atomic E-state index is 11.7. The Morgan fingerprint density at radius 2 is 2.35 bits per heavy atom. The van der Waals surface area contributed by atoms with Gasteiger partial charge in [0.2, 0.25) is 0 Å². The van der Waals surface area contributed by atoms with Gasteiger partial charge in [-0.3, -0.25) is 4.79 Å². The lowest BCUT2D eigenvalue weighted by atomic mass is 10.0. The smallest absolute Gasteiger partial charge is 0.251 e. The Hall–Kier alpha value is -1.75. The molecule has 1 unspecified atom stereocenters. The molecule has 0 aromatic heterocycles. The van der Waals surface area contributed by atoms with Gasteiger partial charge in [-0.2, -0.15) is 0 Å². The summed E-state index contributed by atoms with van der Waals surface area (Å²) in [7, 11) is 3.63. The van der Waals surface area contributed by atoms with E-state index < -0.39 is 0 Å². The molecule has 1 atom stereocenters. The Balaban J connectivity index is 2.11. The van der Waals surface area contributed by atoms with Crippen LogP contribution in [0.25, 0.3) is 0 Å². The number of hydrogen-bond acceptors (Lipinski definition) is 4. The Morgan fingerprint density at radius 1 is 1.55 bits per heavy atom. The van der Waals surface area contributed by atoms with Gasteiger partial charge < -0.3 is 20.7 Å². The number of nitrogens with one attached hydrogen (secondary N) is 1. The molecule has 1 fully saturated rings. The Labute approximate surface area is 120 Å². The van der Waals surface area contributed by atoms with Crippen LogP contribution in [0, 0.1) is 5.92 Å². The summed E-state index contributed by atoms with van der Waals surface area (Å²) >= 11 is 0. The first kappa shape index (κ1) is 14.7. The summed E-state index contributed by atoms with van der Waals surface area (Å²) in [5.74, 6) is 0.428. The topological polar surface area (TPSA) is 67.6 Å². The summed E-state index contributed by atoms with van der Waals surface area (Å²) in [5, 5.41) is 2.63. The van der Waals surface area contributed by atoms with Crippen molar-refractivity contribution in [3.63, 3.8) is 0 Å². The lowest BCUT2D eigenvalue weighted by molar-refractivity contribution is 0.0576. The summed E-state index contributed by atoms with van der Waals surface area (Å²) in [5.41, 5.74) is 8.25. The minimum Gasteiger partial charge on any atom is -0.397 e. The van der Waals surface area contributed by atoms with E-state index in [1.807, 2.05) is 13.1 Å². The Kier molecular flexibility index (Phi) is 4.84. The van der Waals surface area contributed by atoms with E-state index >= 15 is 0 Å². The Morgan fingerprint density at radius 3 is 3.00 bits per heavy atom. The molecule has 1 amide bonds. The highest BCUT2D eigenvalue weighted by Crippen LogP contribution is 2.26. The van der Waals surface area contributed by atoms with Crippen LogP contribution in [0.5, 0.6) is 0 Å². The number of amides is 1. The van der Waals surface area contributed by atoms with E-state index in [1.165, 1.54) is 6.42 Å². The van der Waals surface area contributed by atoms with Crippen molar-refractivity contribution in [2.45, 2.75) is 12.8 Å². The molecule has 110 valence electrons. The van der Waals surface area contributed by atoms with Gasteiger partial charge in [0.25, 0.3) is 5.91 Å². The first-order valence-electron chi connectivity index (χ1n) is 7.02. The summed E-state index contributed by atoms with van der Waals surface area (Å²) in [6.45, 7) is 2.56. The van der Waals surface area contributed by atoms with Gasteiger partial charge in [-0.25, -0.2) is 0 Å². The van der Waals surface area contributed by atoms with Crippen LogP contribution in [0.4, 0.5) is 11.4 Å². The van der Waals surface area contributed by atoms with E-state index in [0.717, 1.165) is 31.9 Å². The summed E-state index contributed by atoms with van der Waals surface area (Å²) in [6.07, 6.45) is 2.30. The van der Waals surface area contributed by atoms with Gasteiger partial charge in [-0.05, 0) is 37.0 Å². The fraction of sp³-hybridized carbons (Fsp3) is 0.533. The number of hydrogen-bond donors (Lipinski definition) is 2. The molecule has 1 aromatic rings. The highest BCUT2D eigenvalue weighted by molar-refractivity contribution is 5.96. The zero-order chi connectivity index (χ0) is 14.5. The van der Waals surface area contributed by atoms with Gasteiger partial charge in [0.15, 0.2) is 0 Å². The van der Waals surface area contributed by atoms with E-state index in [2.05, 4.69) is 10.2 Å². The molecule has 3 N–H and O–H groups in total. The van der Waals surface area contributed by atoms with Gasteiger partial charge in [0.05, 0.1) is 18.0 Å². The van der Waals surface area contributed by atoms with Gasteiger partial charge >= 0.3 is 0 Å². The average molecular weight is 277 g/mol. The van der Waals surface area contributed by atoms with E-state index in [4.69, 9.17) is 10.5 Å². The lowest BCUT2D eigenvalue weighted by Crippen LogP contribution is -2.31. The molecule has 1 saturated heterocycles. The second-order valence-electron chi connectivity index (χ2n) is 5.32. The number of benzene rings is 1. The van der Waals surface area contributed by atoms with Crippen molar-refractivity contribution in [2.24, 2.45) is 5.92 Å². The maximum Gasteiger partial charge on any atom is 0.251 e. The SMILES string of the molecule is CNC(=O)c1ccc(N)c(N(C)CC2CCCOC2)c1. The lowest BCUT2D eigenvalue weighted by Gasteiger charge is -2.29. The second kappa shape index (κ2) is 6.61. The van der Waals surface area contributed by atoms with Crippen molar-refractivity contribution in [2.75, 3.05) is 44.5 Å². The quantitative estimate of drug-likeness (QED) is 0.818. The van der Waals surface area contributed by atoms with Crippen molar-refractivity contribution in [1.82, 2.24) is 5.32 Å². The molecule has 5 heteroatoms. The summed E-state index contributed by atoms with van der Waals surface area (Å²) < 4.78 is 5.51. The minimum absolute atomic E-state index is 0.0966. The van der Waals surface area contributed by atoms with Crippen LogP contribution < -0.4 is 16.0 Å². The third-order valence-electron chi connectivity index (χ3n) is 3.72. The molecular weight excluding hydrogens is 254 g/mol. The van der Waals surface area contributed by atoms with Crippen molar-refractivity contribution in [3.05, 3.63) is 23.8 Å². The zero-order valence-corrected chi connectivity index (χ0v) is 12.2. The van der Waals surface area contributed by atoms with Crippen LogP contribution in [0.3, 0.4) is 0 Å². The van der Waals surface area contributed by atoms with E-state index in [9.17, 15) is 4.79 Å². The molecular formula is C15H23N3O2. The molecule has 20 heavy (non-hydrogen) atoms. The monoisotopic (exact) mass is 277 g/mol. The highest BCUT2D eigenvalue weighted by atomic mass is 16.5. The van der Waals surface area contributed by atoms with Crippen molar-refractivity contribution in [3.8, 4) is 0 Å². The summed E-state index contributed by atoms with van der Waals surface area (Å²) in [4.78, 5) is 13.8. The molecule has 1 aliphatic rings. The average Bonchev–Trinajstić information content (AvgIpc) is 2.48. The van der Waals surface area contributed by atoms with E-state index in [-0.39, 0.29) is 5.91 Å². The van der Waals surface area contributed by atoms with Crippen LogP contribution in [-0.2, 0) is 4.74 Å². The third-order valence-corrected chi connectivity index (χ3v) is 3.72. The third kappa shape index (κ3) is 3.42. The van der Waals surface area contributed by atoms with Crippen LogP contribution in [0.1, 0.15) is 23.2 Å². The molecule has 2 rings (SSSR count). The Bertz CT molecular complexity index is 470. The number of carbonyl (C=O) groups excluding carboxylic acids is 1. The predicted octanol–water partition coefficient (Wildman–Crippen LogP) is 1.49. The number of rotatable bonds is 4. The first-order valence-corrected chi connectivity index (χ1v) is 7.02. The standard InChI is InChI=1S/C15H23N3O2/c1-17-15(19)12-5-6-13(16)14(8-12)18(2)9-11-4-3-7-20-10-11/h5-6,8,11H,3-4,7,9-10,16H2,1-2H3,(H,17,19). The van der Waals surface area contributed by atoms with Crippen molar-refractivity contribution < 1.29 is 9.53 Å². The summed E-state index contributed by atoms with van der Waals surface area (Å²) in [6, 6.07) is 5.38. The molecule has 0 saturated carbocycles. The normalized spacial score (nSPS) is 18.6. The van der Waals surface area contributed by atoms with E-state index in [0.29, 0.717) is 17.2 Å². The van der Waals surface area contributed by atoms with Crippen LogP contribution in [0.2, 0.25) is 0 Å². The molecule has 1 aromatic carbocycles. The fourth-order valence-electron chi connectivity index (χ4n) is 2.60. The van der Waals surface area contributed by atoms with Crippen molar-refractivity contribution in [1.29, 1.82) is 0 Å². The van der Waals surface area contributed by atoms with Gasteiger partial charge in [-0.1, -0.05) is 0 Å². The number of nitrogen functional groups attached to an aromatic ring is 1. The van der Waals surface area contributed by atoms with Crippen LogP contribution in [0.15, 0.2) is 18.2 Å². The van der Waals surface area contributed by atoms with Gasteiger partial charge in [0, 0.05) is 32.8 Å². The van der Waals surface area contributed by atoms with Crippen LogP contribution >= 0.6 is 0 Å². The number of ether oxygens (including phenoxy) is 1. The molecule has 0 radical (unpaired) electrons. The molecule has 5 nitrogen and oxygen atoms in total.